The fraction of sp³-hybridized carbons (Fsp3) is 0.0667. The van der Waals surface area contributed by atoms with Crippen molar-refractivity contribution in [2.75, 3.05) is 5.43 Å². The lowest BCUT2D eigenvalue weighted by Gasteiger charge is -2.05. The van der Waals surface area contributed by atoms with Crippen LogP contribution in [0.3, 0.4) is 0 Å². The fourth-order valence-electron chi connectivity index (χ4n) is 1.97. The van der Waals surface area contributed by atoms with Gasteiger partial charge in [0.1, 0.15) is 6.33 Å². The normalized spacial score (nSPS) is 11.3. The Bertz CT molecular complexity index is 971. The standard InChI is InChI=1S/C15H9F5N6/c1-7-3-24-26(5-7)10-2-9(21-6-22-10)25-23-4-8-11(16)13(18)15(20)14(19)12(8)17/h2-6H,1H3,(H,21,22,25). The Kier molecular flexibility index (Phi) is 4.61. The van der Waals surface area contributed by atoms with Gasteiger partial charge in [-0.15, -0.1) is 0 Å². The molecule has 0 bridgehead atoms. The Morgan fingerprint density at radius 2 is 1.65 bits per heavy atom. The van der Waals surface area contributed by atoms with Crippen molar-refractivity contribution in [3.8, 4) is 5.82 Å². The summed E-state index contributed by atoms with van der Waals surface area (Å²) >= 11 is 0. The van der Waals surface area contributed by atoms with Gasteiger partial charge in [-0.1, -0.05) is 0 Å². The van der Waals surface area contributed by atoms with Crippen molar-refractivity contribution >= 4 is 12.0 Å². The van der Waals surface area contributed by atoms with Gasteiger partial charge >= 0.3 is 0 Å². The van der Waals surface area contributed by atoms with Crippen molar-refractivity contribution in [1.82, 2.24) is 19.7 Å². The highest BCUT2D eigenvalue weighted by molar-refractivity contribution is 5.81. The molecule has 0 amide bonds. The van der Waals surface area contributed by atoms with E-state index >= 15 is 0 Å². The largest absolute Gasteiger partial charge is 0.261 e. The van der Waals surface area contributed by atoms with Crippen LogP contribution in [0.25, 0.3) is 5.82 Å². The van der Waals surface area contributed by atoms with Gasteiger partial charge in [0.2, 0.25) is 5.82 Å². The number of halogens is 5. The summed E-state index contributed by atoms with van der Waals surface area (Å²) in [5, 5.41) is 7.50. The summed E-state index contributed by atoms with van der Waals surface area (Å²) in [6, 6.07) is 1.42. The number of hydrogen-bond donors (Lipinski definition) is 1. The van der Waals surface area contributed by atoms with Crippen LogP contribution in [-0.4, -0.2) is 26.0 Å². The number of aromatic nitrogens is 4. The second-order valence-electron chi connectivity index (χ2n) is 5.08. The Labute approximate surface area is 143 Å². The number of hydrazone groups is 1. The van der Waals surface area contributed by atoms with E-state index in [0.29, 0.717) is 12.0 Å². The highest BCUT2D eigenvalue weighted by Crippen LogP contribution is 2.21. The van der Waals surface area contributed by atoms with Crippen LogP contribution in [0.1, 0.15) is 11.1 Å². The molecular formula is C15H9F5N6. The first-order chi connectivity index (χ1) is 12.4. The zero-order chi connectivity index (χ0) is 18.8. The van der Waals surface area contributed by atoms with E-state index in [-0.39, 0.29) is 5.82 Å². The number of nitrogens with one attached hydrogen (secondary N) is 1. The lowest BCUT2D eigenvalue weighted by Crippen LogP contribution is -2.07. The van der Waals surface area contributed by atoms with Gasteiger partial charge < -0.3 is 0 Å². The molecule has 0 radical (unpaired) electrons. The van der Waals surface area contributed by atoms with Crippen LogP contribution in [-0.2, 0) is 0 Å². The van der Waals surface area contributed by atoms with Crippen molar-refractivity contribution in [2.24, 2.45) is 5.10 Å². The number of benzene rings is 1. The molecule has 0 spiro atoms. The number of hydrogen-bond acceptors (Lipinski definition) is 5. The second-order valence-corrected chi connectivity index (χ2v) is 5.08. The van der Waals surface area contributed by atoms with Crippen LogP contribution >= 0.6 is 0 Å². The minimum absolute atomic E-state index is 0.114. The Morgan fingerprint density at radius 1 is 1.00 bits per heavy atom. The summed E-state index contributed by atoms with van der Waals surface area (Å²) < 4.78 is 67.8. The summed E-state index contributed by atoms with van der Waals surface area (Å²) in [5.41, 5.74) is 2.04. The van der Waals surface area contributed by atoms with Crippen molar-refractivity contribution in [3.63, 3.8) is 0 Å². The van der Waals surface area contributed by atoms with E-state index in [9.17, 15) is 22.0 Å². The molecule has 134 valence electrons. The summed E-state index contributed by atoms with van der Waals surface area (Å²) in [6.45, 7) is 1.83. The molecule has 1 N–H and O–H groups in total. The minimum atomic E-state index is -2.24. The van der Waals surface area contributed by atoms with Crippen LogP contribution in [0, 0.1) is 36.0 Å². The predicted octanol–water partition coefficient (Wildman–Crippen LogP) is 3.11. The molecule has 26 heavy (non-hydrogen) atoms. The van der Waals surface area contributed by atoms with Crippen molar-refractivity contribution in [1.29, 1.82) is 0 Å². The Balaban J connectivity index is 1.84. The van der Waals surface area contributed by atoms with Crippen molar-refractivity contribution < 1.29 is 22.0 Å². The molecule has 0 aliphatic rings. The van der Waals surface area contributed by atoms with E-state index in [2.05, 4.69) is 25.6 Å². The second kappa shape index (κ2) is 6.86. The maximum Gasteiger partial charge on any atom is 0.200 e. The Morgan fingerprint density at radius 3 is 2.27 bits per heavy atom. The molecule has 0 aliphatic carbocycles. The molecule has 0 unspecified atom stereocenters. The lowest BCUT2D eigenvalue weighted by molar-refractivity contribution is 0.377. The smallest absolute Gasteiger partial charge is 0.200 e. The van der Waals surface area contributed by atoms with Gasteiger partial charge in [0, 0.05) is 12.3 Å². The highest BCUT2D eigenvalue weighted by Gasteiger charge is 2.24. The molecule has 2 heterocycles. The molecule has 0 saturated carbocycles. The van der Waals surface area contributed by atoms with Crippen LogP contribution in [0.4, 0.5) is 27.8 Å². The van der Waals surface area contributed by atoms with E-state index in [4.69, 9.17) is 0 Å². The highest BCUT2D eigenvalue weighted by atomic mass is 19.2. The molecule has 0 saturated heterocycles. The summed E-state index contributed by atoms with van der Waals surface area (Å²) in [6.07, 6.45) is 4.96. The van der Waals surface area contributed by atoms with E-state index in [1.807, 2.05) is 6.92 Å². The first-order valence-electron chi connectivity index (χ1n) is 7.02. The summed E-state index contributed by atoms with van der Waals surface area (Å²) in [7, 11) is 0. The molecule has 0 atom stereocenters. The Hall–Kier alpha value is -3.37. The van der Waals surface area contributed by atoms with Crippen LogP contribution in [0.5, 0.6) is 0 Å². The molecular weight excluding hydrogens is 359 g/mol. The van der Waals surface area contributed by atoms with E-state index in [0.717, 1.165) is 5.56 Å². The third-order valence-electron chi connectivity index (χ3n) is 3.22. The van der Waals surface area contributed by atoms with Gasteiger partial charge in [0.25, 0.3) is 0 Å². The molecule has 0 aliphatic heterocycles. The van der Waals surface area contributed by atoms with Gasteiger partial charge in [-0.3, -0.25) is 5.43 Å². The van der Waals surface area contributed by atoms with Crippen molar-refractivity contribution in [2.45, 2.75) is 6.92 Å². The van der Waals surface area contributed by atoms with E-state index < -0.39 is 34.6 Å². The van der Waals surface area contributed by atoms with E-state index in [1.165, 1.54) is 17.1 Å². The summed E-state index contributed by atoms with van der Waals surface area (Å²) in [4.78, 5) is 7.81. The van der Waals surface area contributed by atoms with Crippen LogP contribution in [0.2, 0.25) is 0 Å². The molecule has 11 heteroatoms. The zero-order valence-corrected chi connectivity index (χ0v) is 13.0. The minimum Gasteiger partial charge on any atom is -0.261 e. The first kappa shape index (κ1) is 17.5. The maximum atomic E-state index is 13.5. The third kappa shape index (κ3) is 3.23. The summed E-state index contributed by atoms with van der Waals surface area (Å²) in [5.74, 6) is -9.82. The van der Waals surface area contributed by atoms with Crippen molar-refractivity contribution in [3.05, 3.63) is 65.0 Å². The number of aryl methyl sites for hydroxylation is 1. The maximum absolute atomic E-state index is 13.5. The average molecular weight is 368 g/mol. The topological polar surface area (TPSA) is 68.0 Å². The van der Waals surface area contributed by atoms with Gasteiger partial charge in [0.15, 0.2) is 34.9 Å². The number of nitrogens with zero attached hydrogens (tertiary/aromatic N) is 5. The first-order valence-corrected chi connectivity index (χ1v) is 7.02. The monoisotopic (exact) mass is 368 g/mol. The average Bonchev–Trinajstić information content (AvgIpc) is 3.08. The van der Waals surface area contributed by atoms with Gasteiger partial charge in [0.05, 0.1) is 18.0 Å². The van der Waals surface area contributed by atoms with Gasteiger partial charge in [-0.05, 0) is 12.5 Å². The number of anilines is 1. The number of rotatable bonds is 4. The third-order valence-corrected chi connectivity index (χ3v) is 3.22. The van der Waals surface area contributed by atoms with Gasteiger partial charge in [-0.25, -0.2) is 36.6 Å². The van der Waals surface area contributed by atoms with Crippen LogP contribution < -0.4 is 5.43 Å². The SMILES string of the molecule is Cc1cnn(-c2cc(NN=Cc3c(F)c(F)c(F)c(F)c3F)ncn2)c1. The van der Waals surface area contributed by atoms with Gasteiger partial charge in [-0.2, -0.15) is 10.2 Å². The predicted molar refractivity (Wildman–Crippen MR) is 81.3 cm³/mol. The fourth-order valence-corrected chi connectivity index (χ4v) is 1.97. The molecule has 3 aromatic rings. The quantitative estimate of drug-likeness (QED) is 0.253. The van der Waals surface area contributed by atoms with Crippen LogP contribution in [0.15, 0.2) is 29.9 Å². The molecule has 0 fully saturated rings. The molecule has 2 aromatic heterocycles. The van der Waals surface area contributed by atoms with E-state index in [1.54, 1.807) is 12.4 Å². The molecule has 3 rings (SSSR count). The zero-order valence-electron chi connectivity index (χ0n) is 13.0. The lowest BCUT2D eigenvalue weighted by atomic mass is 10.2. The molecule has 1 aromatic carbocycles. The molecule has 6 nitrogen and oxygen atoms in total.